The molecule has 0 radical (unpaired) electrons. The fourth-order valence-corrected chi connectivity index (χ4v) is 2.28. The molecule has 16 heavy (non-hydrogen) atoms. The lowest BCUT2D eigenvalue weighted by atomic mass is 10.1. The van der Waals surface area contributed by atoms with E-state index in [1.807, 2.05) is 6.07 Å². The predicted octanol–water partition coefficient (Wildman–Crippen LogP) is 1.54. The zero-order chi connectivity index (χ0) is 11.5. The van der Waals surface area contributed by atoms with Gasteiger partial charge in [-0.05, 0) is 19.4 Å². The Bertz CT molecular complexity index is 365. The van der Waals surface area contributed by atoms with Gasteiger partial charge in [-0.1, -0.05) is 17.7 Å². The summed E-state index contributed by atoms with van der Waals surface area (Å²) in [5, 5.41) is 0. The Balaban J connectivity index is 2.10. The van der Waals surface area contributed by atoms with E-state index in [1.165, 1.54) is 11.1 Å². The van der Waals surface area contributed by atoms with Crippen molar-refractivity contribution in [3.05, 3.63) is 29.3 Å². The van der Waals surface area contributed by atoms with Gasteiger partial charge in [-0.15, -0.1) is 0 Å². The molecule has 1 aromatic rings. The molecule has 0 saturated carbocycles. The Morgan fingerprint density at radius 3 is 2.94 bits per heavy atom. The fourth-order valence-electron chi connectivity index (χ4n) is 2.28. The molecule has 0 aromatic heterocycles. The molecular weight excluding hydrogens is 200 g/mol. The highest BCUT2D eigenvalue weighted by molar-refractivity contribution is 5.36. The summed E-state index contributed by atoms with van der Waals surface area (Å²) in [6, 6.07) is 6.66. The maximum atomic E-state index is 5.91. The highest BCUT2D eigenvalue weighted by Gasteiger charge is 2.19. The first-order valence-corrected chi connectivity index (χ1v) is 5.80. The van der Waals surface area contributed by atoms with E-state index in [1.54, 1.807) is 7.11 Å². The van der Waals surface area contributed by atoms with Gasteiger partial charge in [0.05, 0.1) is 7.11 Å². The molecule has 1 heterocycles. The summed E-state index contributed by atoms with van der Waals surface area (Å²) in [5.41, 5.74) is 8.44. The van der Waals surface area contributed by atoms with Crippen LogP contribution in [0.25, 0.3) is 0 Å². The Kier molecular flexibility index (Phi) is 3.46. The largest absolute Gasteiger partial charge is 0.496 e. The molecule has 2 rings (SSSR count). The quantitative estimate of drug-likeness (QED) is 0.839. The Morgan fingerprint density at radius 1 is 1.50 bits per heavy atom. The molecule has 0 aliphatic carbocycles. The van der Waals surface area contributed by atoms with Crippen LogP contribution < -0.4 is 10.5 Å². The van der Waals surface area contributed by atoms with Gasteiger partial charge in [0.25, 0.3) is 0 Å². The summed E-state index contributed by atoms with van der Waals surface area (Å²) in [6.45, 7) is 5.15. The number of aryl methyl sites for hydroxylation is 1. The van der Waals surface area contributed by atoms with Crippen molar-refractivity contribution in [3.8, 4) is 5.75 Å². The van der Waals surface area contributed by atoms with Crippen molar-refractivity contribution in [1.29, 1.82) is 0 Å². The van der Waals surface area contributed by atoms with Gasteiger partial charge in [0.1, 0.15) is 5.75 Å². The first-order chi connectivity index (χ1) is 7.69. The molecule has 1 fully saturated rings. The standard InChI is InChI=1S/C13H20N2O/c1-10-3-4-13(16-2)11(7-10)8-15-6-5-12(14)9-15/h3-4,7,12H,5-6,8-9,14H2,1-2H3. The highest BCUT2D eigenvalue weighted by Crippen LogP contribution is 2.22. The fraction of sp³-hybridized carbons (Fsp3) is 0.538. The number of hydrogen-bond donors (Lipinski definition) is 1. The summed E-state index contributed by atoms with van der Waals surface area (Å²) in [6.07, 6.45) is 1.11. The minimum absolute atomic E-state index is 0.343. The molecule has 1 aromatic carbocycles. The molecule has 2 N–H and O–H groups in total. The number of nitrogens with zero attached hydrogens (tertiary/aromatic N) is 1. The third-order valence-electron chi connectivity index (χ3n) is 3.14. The average molecular weight is 220 g/mol. The third kappa shape index (κ3) is 2.54. The molecule has 3 nitrogen and oxygen atoms in total. The minimum atomic E-state index is 0.343. The van der Waals surface area contributed by atoms with Crippen LogP contribution in [0.2, 0.25) is 0 Å². The Morgan fingerprint density at radius 2 is 2.31 bits per heavy atom. The van der Waals surface area contributed by atoms with Gasteiger partial charge in [-0.3, -0.25) is 4.90 Å². The summed E-state index contributed by atoms with van der Waals surface area (Å²) in [5.74, 6) is 0.978. The Labute approximate surface area is 97.2 Å². The zero-order valence-electron chi connectivity index (χ0n) is 10.1. The van der Waals surface area contributed by atoms with E-state index in [0.29, 0.717) is 6.04 Å². The molecule has 3 heteroatoms. The molecule has 0 amide bonds. The second-order valence-corrected chi connectivity index (χ2v) is 4.60. The molecule has 1 aliphatic heterocycles. The van der Waals surface area contributed by atoms with Crippen LogP contribution in [0.15, 0.2) is 18.2 Å². The maximum absolute atomic E-state index is 5.91. The number of benzene rings is 1. The summed E-state index contributed by atoms with van der Waals surface area (Å²) >= 11 is 0. The van der Waals surface area contributed by atoms with Crippen molar-refractivity contribution in [3.63, 3.8) is 0 Å². The van der Waals surface area contributed by atoms with Gasteiger partial charge >= 0.3 is 0 Å². The number of ether oxygens (including phenoxy) is 1. The molecule has 1 saturated heterocycles. The first kappa shape index (κ1) is 11.4. The summed E-state index contributed by atoms with van der Waals surface area (Å²) in [7, 11) is 1.73. The third-order valence-corrected chi connectivity index (χ3v) is 3.14. The number of nitrogens with two attached hydrogens (primary N) is 1. The van der Waals surface area contributed by atoms with Crippen LogP contribution in [-0.4, -0.2) is 31.1 Å². The van der Waals surface area contributed by atoms with Crippen LogP contribution in [-0.2, 0) is 6.54 Å². The van der Waals surface area contributed by atoms with E-state index < -0.39 is 0 Å². The van der Waals surface area contributed by atoms with Crippen LogP contribution in [0.5, 0.6) is 5.75 Å². The number of methoxy groups -OCH3 is 1. The molecule has 88 valence electrons. The van der Waals surface area contributed by atoms with E-state index in [4.69, 9.17) is 10.5 Å². The average Bonchev–Trinajstić information content (AvgIpc) is 2.64. The Hall–Kier alpha value is -1.06. The van der Waals surface area contributed by atoms with Gasteiger partial charge in [-0.25, -0.2) is 0 Å². The zero-order valence-corrected chi connectivity index (χ0v) is 10.1. The van der Waals surface area contributed by atoms with Gasteiger partial charge in [0, 0.05) is 31.2 Å². The minimum Gasteiger partial charge on any atom is -0.496 e. The van der Waals surface area contributed by atoms with Crippen LogP contribution in [0.1, 0.15) is 17.5 Å². The topological polar surface area (TPSA) is 38.5 Å². The second kappa shape index (κ2) is 4.85. The van der Waals surface area contributed by atoms with E-state index in [2.05, 4.69) is 24.0 Å². The monoisotopic (exact) mass is 220 g/mol. The molecule has 1 aliphatic rings. The van der Waals surface area contributed by atoms with Crippen LogP contribution in [0, 0.1) is 6.92 Å². The van der Waals surface area contributed by atoms with Crippen LogP contribution in [0.4, 0.5) is 0 Å². The van der Waals surface area contributed by atoms with Crippen LogP contribution >= 0.6 is 0 Å². The van der Waals surface area contributed by atoms with Gasteiger partial charge in [0.15, 0.2) is 0 Å². The normalized spacial score (nSPS) is 21.3. The number of hydrogen-bond acceptors (Lipinski definition) is 3. The lowest BCUT2D eigenvalue weighted by Gasteiger charge is -2.17. The summed E-state index contributed by atoms with van der Waals surface area (Å²) in [4.78, 5) is 2.39. The van der Waals surface area contributed by atoms with Crippen LogP contribution in [0.3, 0.4) is 0 Å². The number of likely N-dealkylation sites (tertiary alicyclic amines) is 1. The van der Waals surface area contributed by atoms with Crippen molar-refractivity contribution < 1.29 is 4.74 Å². The van der Waals surface area contributed by atoms with E-state index in [9.17, 15) is 0 Å². The number of rotatable bonds is 3. The predicted molar refractivity (Wildman–Crippen MR) is 65.6 cm³/mol. The molecule has 0 spiro atoms. The highest BCUT2D eigenvalue weighted by atomic mass is 16.5. The maximum Gasteiger partial charge on any atom is 0.123 e. The lowest BCUT2D eigenvalue weighted by Crippen LogP contribution is -2.26. The smallest absolute Gasteiger partial charge is 0.123 e. The van der Waals surface area contributed by atoms with Crippen molar-refractivity contribution in [2.24, 2.45) is 5.73 Å². The van der Waals surface area contributed by atoms with Crippen molar-refractivity contribution in [2.45, 2.75) is 25.9 Å². The van der Waals surface area contributed by atoms with Gasteiger partial charge in [0.2, 0.25) is 0 Å². The summed E-state index contributed by atoms with van der Waals surface area (Å²) < 4.78 is 5.38. The second-order valence-electron chi connectivity index (χ2n) is 4.60. The van der Waals surface area contributed by atoms with Gasteiger partial charge in [-0.2, -0.15) is 0 Å². The van der Waals surface area contributed by atoms with Gasteiger partial charge < -0.3 is 10.5 Å². The lowest BCUT2D eigenvalue weighted by molar-refractivity contribution is 0.317. The molecule has 1 atom stereocenters. The van der Waals surface area contributed by atoms with Crippen molar-refractivity contribution in [1.82, 2.24) is 4.90 Å². The van der Waals surface area contributed by atoms with E-state index in [-0.39, 0.29) is 0 Å². The first-order valence-electron chi connectivity index (χ1n) is 5.80. The van der Waals surface area contributed by atoms with E-state index >= 15 is 0 Å². The SMILES string of the molecule is COc1ccc(C)cc1CN1CCC(N)C1. The molecular formula is C13H20N2O. The molecule has 0 bridgehead atoms. The molecule has 1 unspecified atom stereocenters. The van der Waals surface area contributed by atoms with Crippen molar-refractivity contribution >= 4 is 0 Å². The van der Waals surface area contributed by atoms with Crippen molar-refractivity contribution in [2.75, 3.05) is 20.2 Å². The van der Waals surface area contributed by atoms with E-state index in [0.717, 1.165) is 31.8 Å².